The van der Waals surface area contributed by atoms with Crippen molar-refractivity contribution in [3.8, 4) is 0 Å². The lowest BCUT2D eigenvalue weighted by molar-refractivity contribution is 0.140. The van der Waals surface area contributed by atoms with Gasteiger partial charge in [-0.05, 0) is 38.1 Å². The molecule has 0 aliphatic heterocycles. The number of benzene rings is 1. The fourth-order valence-electron chi connectivity index (χ4n) is 1.79. The summed E-state index contributed by atoms with van der Waals surface area (Å²) >= 11 is 6.07. The van der Waals surface area contributed by atoms with E-state index in [-0.39, 0.29) is 5.71 Å². The minimum atomic E-state index is -0.553. The number of allylic oxidation sites excluding steroid dienone is 4. The van der Waals surface area contributed by atoms with Crippen LogP contribution in [0.15, 0.2) is 54.0 Å². The lowest BCUT2D eigenvalue weighted by Crippen LogP contribution is -2.08. The Hall–Kier alpha value is -2.40. The smallest absolute Gasteiger partial charge is 0.139 e. The van der Waals surface area contributed by atoms with Crippen molar-refractivity contribution in [1.82, 2.24) is 0 Å². The van der Waals surface area contributed by atoms with Gasteiger partial charge in [0.2, 0.25) is 0 Å². The first-order valence-electron chi connectivity index (χ1n) is 6.81. The molecule has 1 unspecified atom stereocenters. The van der Waals surface area contributed by atoms with Crippen LogP contribution in [-0.2, 0) is 4.74 Å². The van der Waals surface area contributed by atoms with Crippen molar-refractivity contribution in [3.05, 3.63) is 70.4 Å². The first kappa shape index (κ1) is 18.6. The second-order valence-corrected chi connectivity index (χ2v) is 5.24. The highest BCUT2D eigenvalue weighted by atomic mass is 35.5. The Labute approximate surface area is 140 Å². The molecule has 4 nitrogen and oxygen atoms in total. The van der Waals surface area contributed by atoms with Gasteiger partial charge in [-0.3, -0.25) is 5.41 Å². The zero-order valence-electron chi connectivity index (χ0n) is 13.0. The van der Waals surface area contributed by atoms with Crippen LogP contribution in [0.4, 0.5) is 4.39 Å². The molecule has 0 spiro atoms. The van der Waals surface area contributed by atoms with Crippen LogP contribution in [-0.4, -0.2) is 11.9 Å². The Morgan fingerprint density at radius 1 is 1.48 bits per heavy atom. The normalized spacial score (nSPS) is 13.8. The van der Waals surface area contributed by atoms with E-state index in [0.29, 0.717) is 27.6 Å². The third-order valence-corrected chi connectivity index (χ3v) is 3.39. The number of hydrogen-bond donors (Lipinski definition) is 3. The maximum absolute atomic E-state index is 13.4. The Morgan fingerprint density at radius 2 is 2.13 bits per heavy atom. The van der Waals surface area contributed by atoms with E-state index in [1.54, 1.807) is 13.8 Å². The van der Waals surface area contributed by atoms with Gasteiger partial charge in [-0.2, -0.15) is 0 Å². The third-order valence-electron chi connectivity index (χ3n) is 3.05. The average Bonchev–Trinajstić information content (AvgIpc) is 2.52. The van der Waals surface area contributed by atoms with Gasteiger partial charge in [-0.15, -0.1) is 0 Å². The van der Waals surface area contributed by atoms with Crippen LogP contribution in [0.5, 0.6) is 0 Å². The minimum Gasteiger partial charge on any atom is -0.484 e. The predicted molar refractivity (Wildman–Crippen MR) is 92.6 cm³/mol. The van der Waals surface area contributed by atoms with Crippen LogP contribution < -0.4 is 5.73 Å². The van der Waals surface area contributed by atoms with Crippen LogP contribution >= 0.6 is 11.6 Å². The van der Waals surface area contributed by atoms with Gasteiger partial charge in [0.25, 0.3) is 0 Å². The van der Waals surface area contributed by atoms with E-state index in [1.807, 2.05) is 0 Å². The number of hydrogen-bond acceptors (Lipinski definition) is 4. The molecule has 0 amide bonds. The van der Waals surface area contributed by atoms with E-state index >= 15 is 0 Å². The first-order chi connectivity index (χ1) is 10.8. The van der Waals surface area contributed by atoms with E-state index in [2.05, 4.69) is 6.58 Å². The van der Waals surface area contributed by atoms with Crippen molar-refractivity contribution in [2.24, 2.45) is 5.73 Å². The van der Waals surface area contributed by atoms with Crippen LogP contribution in [0.3, 0.4) is 0 Å². The van der Waals surface area contributed by atoms with Crippen LogP contribution in [0.25, 0.3) is 0 Å². The summed E-state index contributed by atoms with van der Waals surface area (Å²) in [5, 5.41) is 15.2. The number of nitrogens with two attached hydrogens (primary N) is 1. The highest BCUT2D eigenvalue weighted by Crippen LogP contribution is 2.29. The Balaban J connectivity index is 3.15. The molecule has 0 saturated carbocycles. The SMILES string of the molecule is C=C/C(=C\C(OC(C)c1cc(F)ccc1Cl)=C(/C)N)C(=N)C=N. The van der Waals surface area contributed by atoms with Crippen molar-refractivity contribution in [2.45, 2.75) is 20.0 Å². The predicted octanol–water partition coefficient (Wildman–Crippen LogP) is 4.53. The zero-order chi connectivity index (χ0) is 17.6. The van der Waals surface area contributed by atoms with Gasteiger partial charge in [0, 0.05) is 28.1 Å². The van der Waals surface area contributed by atoms with Gasteiger partial charge in [-0.1, -0.05) is 24.3 Å². The molecule has 0 aromatic heterocycles. The van der Waals surface area contributed by atoms with Gasteiger partial charge in [0.1, 0.15) is 17.7 Å². The molecule has 1 rings (SSSR count). The van der Waals surface area contributed by atoms with Crippen LogP contribution in [0.2, 0.25) is 5.02 Å². The van der Waals surface area contributed by atoms with Crippen molar-refractivity contribution in [2.75, 3.05) is 0 Å². The molecule has 1 atom stereocenters. The monoisotopic (exact) mass is 335 g/mol. The molecule has 0 aliphatic carbocycles. The van der Waals surface area contributed by atoms with E-state index in [0.717, 1.165) is 6.21 Å². The molecular weight excluding hydrogens is 317 g/mol. The second-order valence-electron chi connectivity index (χ2n) is 4.83. The summed E-state index contributed by atoms with van der Waals surface area (Å²) < 4.78 is 19.2. The van der Waals surface area contributed by atoms with Gasteiger partial charge in [0.05, 0.1) is 5.71 Å². The molecule has 1 aromatic carbocycles. The van der Waals surface area contributed by atoms with Crippen molar-refractivity contribution >= 4 is 23.5 Å². The van der Waals surface area contributed by atoms with Crippen molar-refractivity contribution < 1.29 is 9.13 Å². The maximum atomic E-state index is 13.4. The molecule has 0 aliphatic rings. The molecule has 0 heterocycles. The summed E-state index contributed by atoms with van der Waals surface area (Å²) in [6.07, 6.45) is 3.28. The molecule has 1 aromatic rings. The van der Waals surface area contributed by atoms with Gasteiger partial charge < -0.3 is 15.9 Å². The summed E-state index contributed by atoms with van der Waals surface area (Å²) in [6.45, 7) is 6.96. The minimum absolute atomic E-state index is 0.0289. The van der Waals surface area contributed by atoms with Gasteiger partial charge >= 0.3 is 0 Å². The topological polar surface area (TPSA) is 83.0 Å². The lowest BCUT2D eigenvalue weighted by Gasteiger charge is -2.18. The van der Waals surface area contributed by atoms with Crippen LogP contribution in [0, 0.1) is 16.6 Å². The fourth-order valence-corrected chi connectivity index (χ4v) is 2.06. The number of nitrogens with one attached hydrogen (secondary N) is 2. The first-order valence-corrected chi connectivity index (χ1v) is 7.19. The van der Waals surface area contributed by atoms with Gasteiger partial charge in [0.15, 0.2) is 0 Å². The molecule has 0 fully saturated rings. The van der Waals surface area contributed by atoms with E-state index in [9.17, 15) is 4.39 Å². The summed E-state index contributed by atoms with van der Waals surface area (Å²) in [4.78, 5) is 0. The Morgan fingerprint density at radius 3 is 2.65 bits per heavy atom. The Kier molecular flexibility index (Phi) is 6.72. The van der Waals surface area contributed by atoms with Crippen molar-refractivity contribution in [1.29, 1.82) is 10.8 Å². The standard InChI is InChI=1S/C17H19ClFN3O/c1-4-12(16(22)9-20)7-17(10(2)21)23-11(3)14-8-13(19)5-6-15(14)18/h4-9,11,20,22H,1,21H2,2-3H3/b12-7+,17-10-,20-9?,22-16?. The quantitative estimate of drug-likeness (QED) is 0.388. The van der Waals surface area contributed by atoms with E-state index < -0.39 is 11.9 Å². The fraction of sp³-hybridized carbons (Fsp3) is 0.176. The second kappa shape index (κ2) is 8.29. The Bertz CT molecular complexity index is 691. The molecule has 0 radical (unpaired) electrons. The lowest BCUT2D eigenvalue weighted by atomic mass is 10.1. The highest BCUT2D eigenvalue weighted by Gasteiger charge is 2.14. The third kappa shape index (κ3) is 5.07. The maximum Gasteiger partial charge on any atom is 0.139 e. The zero-order valence-corrected chi connectivity index (χ0v) is 13.7. The highest BCUT2D eigenvalue weighted by molar-refractivity contribution is 6.36. The molecule has 6 heteroatoms. The molecule has 23 heavy (non-hydrogen) atoms. The number of ether oxygens (including phenoxy) is 1. The summed E-state index contributed by atoms with van der Waals surface area (Å²) in [6, 6.07) is 4.03. The molecule has 122 valence electrons. The molecular formula is C17H19ClFN3O. The molecule has 0 saturated heterocycles. The van der Waals surface area contributed by atoms with Crippen molar-refractivity contribution in [3.63, 3.8) is 0 Å². The number of rotatable bonds is 7. The average molecular weight is 336 g/mol. The van der Waals surface area contributed by atoms with Gasteiger partial charge in [-0.25, -0.2) is 4.39 Å². The van der Waals surface area contributed by atoms with E-state index in [4.69, 9.17) is 32.9 Å². The largest absolute Gasteiger partial charge is 0.484 e. The summed E-state index contributed by atoms with van der Waals surface area (Å²) in [5.41, 5.74) is 7.04. The molecule has 4 N–H and O–H groups in total. The summed E-state index contributed by atoms with van der Waals surface area (Å²) in [7, 11) is 0. The molecule has 0 bridgehead atoms. The van der Waals surface area contributed by atoms with Crippen LogP contribution in [0.1, 0.15) is 25.5 Å². The van der Waals surface area contributed by atoms with E-state index in [1.165, 1.54) is 30.4 Å². The summed E-state index contributed by atoms with van der Waals surface area (Å²) in [5.74, 6) is -0.109. The number of halogens is 2.